The van der Waals surface area contributed by atoms with E-state index in [2.05, 4.69) is 46.8 Å². The first-order valence-corrected chi connectivity index (χ1v) is 7.84. The van der Waals surface area contributed by atoms with Crippen LogP contribution in [0.25, 0.3) is 0 Å². The molecule has 0 heterocycles. The Morgan fingerprint density at radius 2 is 1.95 bits per heavy atom. The molecule has 0 spiro atoms. The number of nitrogens with zero attached hydrogens (tertiary/aromatic N) is 2. The summed E-state index contributed by atoms with van der Waals surface area (Å²) in [5, 5.41) is 7.57. The number of rotatable bonds is 6. The van der Waals surface area contributed by atoms with Crippen LogP contribution < -0.4 is 10.6 Å². The van der Waals surface area contributed by atoms with Crippen LogP contribution in [0.2, 0.25) is 5.02 Å². The van der Waals surface area contributed by atoms with Gasteiger partial charge < -0.3 is 15.5 Å². The number of halogens is 1. The lowest BCUT2D eigenvalue weighted by Crippen LogP contribution is -2.42. The highest BCUT2D eigenvalue weighted by Gasteiger charge is 2.21. The summed E-state index contributed by atoms with van der Waals surface area (Å²) in [7, 11) is 5.98. The fourth-order valence-electron chi connectivity index (χ4n) is 2.26. The zero-order valence-corrected chi connectivity index (χ0v) is 13.8. The molecule has 0 radical (unpaired) electrons. The normalized spacial score (nSPS) is 16.9. The van der Waals surface area contributed by atoms with Crippen LogP contribution in [0.15, 0.2) is 29.3 Å². The summed E-state index contributed by atoms with van der Waals surface area (Å²) in [6.07, 6.45) is 2.68. The molecule has 1 saturated carbocycles. The van der Waals surface area contributed by atoms with Crippen molar-refractivity contribution in [2.24, 2.45) is 10.9 Å². The molecule has 5 heteroatoms. The Morgan fingerprint density at radius 1 is 1.29 bits per heavy atom. The molecule has 21 heavy (non-hydrogen) atoms. The molecule has 2 N–H and O–H groups in total. The number of hydrogen-bond donors (Lipinski definition) is 2. The second-order valence-corrected chi connectivity index (χ2v) is 6.24. The molecule has 116 valence electrons. The van der Waals surface area contributed by atoms with Gasteiger partial charge in [0.05, 0.1) is 6.04 Å². The van der Waals surface area contributed by atoms with Crippen LogP contribution in [-0.4, -0.2) is 45.1 Å². The van der Waals surface area contributed by atoms with Gasteiger partial charge in [0.25, 0.3) is 0 Å². The molecule has 1 aromatic carbocycles. The molecule has 4 nitrogen and oxygen atoms in total. The molecule has 1 fully saturated rings. The van der Waals surface area contributed by atoms with Gasteiger partial charge in [-0.1, -0.05) is 23.7 Å². The Labute approximate surface area is 132 Å². The van der Waals surface area contributed by atoms with Crippen LogP contribution in [0.4, 0.5) is 0 Å². The summed E-state index contributed by atoms with van der Waals surface area (Å²) in [5.41, 5.74) is 1.24. The Balaban J connectivity index is 1.90. The van der Waals surface area contributed by atoms with E-state index in [0.717, 1.165) is 30.0 Å². The van der Waals surface area contributed by atoms with E-state index < -0.39 is 0 Å². The molecule has 0 aliphatic heterocycles. The van der Waals surface area contributed by atoms with Crippen molar-refractivity contribution in [3.8, 4) is 0 Å². The van der Waals surface area contributed by atoms with Gasteiger partial charge in [-0.15, -0.1) is 0 Å². The summed E-state index contributed by atoms with van der Waals surface area (Å²) >= 11 is 5.96. The average molecular weight is 309 g/mol. The second kappa shape index (κ2) is 7.66. The fourth-order valence-corrected chi connectivity index (χ4v) is 2.39. The van der Waals surface area contributed by atoms with Crippen LogP contribution in [0.3, 0.4) is 0 Å². The van der Waals surface area contributed by atoms with Gasteiger partial charge in [-0.05, 0) is 50.6 Å². The predicted octanol–water partition coefficient (Wildman–Crippen LogP) is 2.52. The van der Waals surface area contributed by atoms with E-state index in [1.807, 2.05) is 19.2 Å². The van der Waals surface area contributed by atoms with Crippen molar-refractivity contribution in [2.75, 3.05) is 34.2 Å². The third-order valence-electron chi connectivity index (χ3n) is 3.82. The third kappa shape index (κ3) is 5.21. The summed E-state index contributed by atoms with van der Waals surface area (Å²) in [6, 6.07) is 8.31. The van der Waals surface area contributed by atoms with Crippen molar-refractivity contribution in [1.82, 2.24) is 15.5 Å². The summed E-state index contributed by atoms with van der Waals surface area (Å²) in [4.78, 5) is 6.48. The van der Waals surface area contributed by atoms with Gasteiger partial charge in [-0.3, -0.25) is 4.99 Å². The molecular weight excluding hydrogens is 284 g/mol. The topological polar surface area (TPSA) is 39.7 Å². The molecule has 0 saturated heterocycles. The summed E-state index contributed by atoms with van der Waals surface area (Å²) in [5.74, 6) is 1.71. The number of aliphatic imine (C=N–C) groups is 1. The molecule has 0 amide bonds. The maximum atomic E-state index is 5.96. The first-order chi connectivity index (χ1) is 10.1. The summed E-state index contributed by atoms with van der Waals surface area (Å²) in [6.45, 7) is 1.83. The first-order valence-electron chi connectivity index (χ1n) is 7.46. The van der Waals surface area contributed by atoms with E-state index >= 15 is 0 Å². The van der Waals surface area contributed by atoms with Crippen molar-refractivity contribution in [1.29, 1.82) is 0 Å². The Hall–Kier alpha value is -1.26. The maximum Gasteiger partial charge on any atom is 0.191 e. The predicted molar refractivity (Wildman–Crippen MR) is 90.0 cm³/mol. The highest BCUT2D eigenvalue weighted by atomic mass is 35.5. The smallest absolute Gasteiger partial charge is 0.191 e. The second-order valence-electron chi connectivity index (χ2n) is 5.81. The fraction of sp³-hybridized carbons (Fsp3) is 0.562. The largest absolute Gasteiger partial charge is 0.356 e. The van der Waals surface area contributed by atoms with Gasteiger partial charge in [0.15, 0.2) is 5.96 Å². The average Bonchev–Trinajstić information content (AvgIpc) is 3.28. The van der Waals surface area contributed by atoms with E-state index in [1.165, 1.54) is 18.4 Å². The minimum Gasteiger partial charge on any atom is -0.356 e. The minimum atomic E-state index is 0.279. The standard InChI is InChI=1S/C16H25ClN4/c1-18-16(19-10-12-4-5-12)20-11-15(21(2)3)13-6-8-14(17)9-7-13/h6-9,12,15H,4-5,10-11H2,1-3H3,(H2,18,19,20). The molecular formula is C16H25ClN4. The number of guanidine groups is 1. The van der Waals surface area contributed by atoms with Crippen LogP contribution in [0.1, 0.15) is 24.4 Å². The quantitative estimate of drug-likeness (QED) is 0.626. The van der Waals surface area contributed by atoms with Gasteiger partial charge in [-0.2, -0.15) is 0 Å². The molecule has 0 aromatic heterocycles. The molecule has 1 atom stereocenters. The van der Waals surface area contributed by atoms with E-state index in [-0.39, 0.29) is 6.04 Å². The van der Waals surface area contributed by atoms with Gasteiger partial charge in [0, 0.05) is 25.2 Å². The zero-order chi connectivity index (χ0) is 15.2. The van der Waals surface area contributed by atoms with Crippen molar-refractivity contribution in [3.05, 3.63) is 34.9 Å². The minimum absolute atomic E-state index is 0.279. The third-order valence-corrected chi connectivity index (χ3v) is 4.07. The van der Waals surface area contributed by atoms with Crippen LogP contribution >= 0.6 is 11.6 Å². The molecule has 0 bridgehead atoms. The van der Waals surface area contributed by atoms with Crippen LogP contribution in [0.5, 0.6) is 0 Å². The van der Waals surface area contributed by atoms with E-state index in [9.17, 15) is 0 Å². The molecule has 1 aromatic rings. The molecule has 1 unspecified atom stereocenters. The van der Waals surface area contributed by atoms with E-state index in [1.54, 1.807) is 0 Å². The first kappa shape index (κ1) is 16.1. The lowest BCUT2D eigenvalue weighted by molar-refractivity contribution is 0.298. The maximum absolute atomic E-state index is 5.96. The number of benzene rings is 1. The molecule has 2 rings (SSSR count). The van der Waals surface area contributed by atoms with Gasteiger partial charge in [0.2, 0.25) is 0 Å². The highest BCUT2D eigenvalue weighted by molar-refractivity contribution is 6.30. The van der Waals surface area contributed by atoms with Gasteiger partial charge in [0.1, 0.15) is 0 Å². The van der Waals surface area contributed by atoms with Crippen molar-refractivity contribution < 1.29 is 0 Å². The highest BCUT2D eigenvalue weighted by Crippen LogP contribution is 2.27. The van der Waals surface area contributed by atoms with Crippen molar-refractivity contribution in [2.45, 2.75) is 18.9 Å². The zero-order valence-electron chi connectivity index (χ0n) is 13.1. The monoisotopic (exact) mass is 308 g/mol. The molecule has 1 aliphatic rings. The van der Waals surface area contributed by atoms with Gasteiger partial charge in [-0.25, -0.2) is 0 Å². The van der Waals surface area contributed by atoms with Crippen LogP contribution in [-0.2, 0) is 0 Å². The lowest BCUT2D eigenvalue weighted by Gasteiger charge is -2.26. The summed E-state index contributed by atoms with van der Waals surface area (Å²) < 4.78 is 0. The Morgan fingerprint density at radius 3 is 2.48 bits per heavy atom. The number of hydrogen-bond acceptors (Lipinski definition) is 2. The van der Waals surface area contributed by atoms with E-state index in [4.69, 9.17) is 11.6 Å². The Kier molecular flexibility index (Phi) is 5.88. The SMILES string of the molecule is CN=C(NCC1CC1)NCC(c1ccc(Cl)cc1)N(C)C. The number of nitrogens with one attached hydrogen (secondary N) is 2. The number of likely N-dealkylation sites (N-methyl/N-ethyl adjacent to an activating group) is 1. The Bertz CT molecular complexity index is 466. The van der Waals surface area contributed by atoms with Gasteiger partial charge >= 0.3 is 0 Å². The van der Waals surface area contributed by atoms with E-state index in [0.29, 0.717) is 0 Å². The van der Waals surface area contributed by atoms with Crippen LogP contribution in [0, 0.1) is 5.92 Å². The lowest BCUT2D eigenvalue weighted by atomic mass is 10.1. The van der Waals surface area contributed by atoms with Crippen molar-refractivity contribution in [3.63, 3.8) is 0 Å². The molecule has 1 aliphatic carbocycles. The van der Waals surface area contributed by atoms with Crippen molar-refractivity contribution >= 4 is 17.6 Å².